The van der Waals surface area contributed by atoms with Crippen LogP contribution in [0.5, 0.6) is 0 Å². The van der Waals surface area contributed by atoms with Crippen LogP contribution in [-0.2, 0) is 5.41 Å². The number of halogens is 2. The van der Waals surface area contributed by atoms with Crippen molar-refractivity contribution < 1.29 is 5.11 Å². The summed E-state index contributed by atoms with van der Waals surface area (Å²) in [5, 5.41) is 10.5. The summed E-state index contributed by atoms with van der Waals surface area (Å²) in [6.45, 7) is 2.70. The van der Waals surface area contributed by atoms with Crippen LogP contribution in [0.2, 0.25) is 10.0 Å². The summed E-state index contributed by atoms with van der Waals surface area (Å²) >= 11 is 11.9. The molecule has 1 aliphatic rings. The highest BCUT2D eigenvalue weighted by molar-refractivity contribution is 6.42. The first kappa shape index (κ1) is 12.2. The number of benzene rings is 1. The van der Waals surface area contributed by atoms with E-state index in [1.165, 1.54) is 0 Å². The Kier molecular flexibility index (Phi) is 2.96. The lowest BCUT2D eigenvalue weighted by Crippen LogP contribution is -2.28. The van der Waals surface area contributed by atoms with Crippen molar-refractivity contribution in [3.8, 4) is 0 Å². The van der Waals surface area contributed by atoms with Crippen LogP contribution in [0.25, 0.3) is 0 Å². The lowest BCUT2D eigenvalue weighted by Gasteiger charge is -2.20. The Hall–Kier alpha value is -0.280. The molecule has 0 heterocycles. The van der Waals surface area contributed by atoms with Crippen molar-refractivity contribution in [3.05, 3.63) is 33.8 Å². The van der Waals surface area contributed by atoms with E-state index < -0.39 is 0 Å². The van der Waals surface area contributed by atoms with Gasteiger partial charge in [0.05, 0.1) is 10.0 Å². The zero-order chi connectivity index (χ0) is 12.0. The van der Waals surface area contributed by atoms with Gasteiger partial charge in [-0.1, -0.05) is 36.2 Å². The van der Waals surface area contributed by atoms with Crippen molar-refractivity contribution in [2.75, 3.05) is 13.2 Å². The van der Waals surface area contributed by atoms with Crippen LogP contribution in [0, 0.1) is 5.41 Å². The molecule has 0 bridgehead atoms. The van der Waals surface area contributed by atoms with Gasteiger partial charge >= 0.3 is 0 Å². The van der Waals surface area contributed by atoms with Gasteiger partial charge in [0.1, 0.15) is 0 Å². The van der Waals surface area contributed by atoms with Crippen molar-refractivity contribution in [3.63, 3.8) is 0 Å². The molecule has 2 nitrogen and oxygen atoms in total. The molecule has 1 saturated carbocycles. The van der Waals surface area contributed by atoms with E-state index in [1.807, 2.05) is 19.1 Å². The average molecular weight is 260 g/mol. The van der Waals surface area contributed by atoms with Gasteiger partial charge in [-0.3, -0.25) is 0 Å². The third-order valence-electron chi connectivity index (χ3n) is 3.89. The molecule has 1 aromatic carbocycles. The Labute approximate surface area is 105 Å². The highest BCUT2D eigenvalue weighted by Crippen LogP contribution is 2.63. The molecule has 16 heavy (non-hydrogen) atoms. The smallest absolute Gasteiger partial charge is 0.0595 e. The number of hydrogen-bond donors (Lipinski definition) is 2. The molecule has 1 aromatic rings. The maximum Gasteiger partial charge on any atom is 0.0595 e. The molecule has 1 aliphatic carbocycles. The van der Waals surface area contributed by atoms with Gasteiger partial charge in [0, 0.05) is 24.0 Å². The predicted octanol–water partition coefficient (Wildman–Crippen LogP) is 2.59. The van der Waals surface area contributed by atoms with Gasteiger partial charge in [0.15, 0.2) is 0 Å². The molecule has 2 rings (SSSR count). The Morgan fingerprint density at radius 1 is 1.38 bits per heavy atom. The van der Waals surface area contributed by atoms with Gasteiger partial charge in [-0.2, -0.15) is 0 Å². The molecular formula is C12H15Cl2NO. The summed E-state index contributed by atoms with van der Waals surface area (Å²) in [5.41, 5.74) is 6.65. The van der Waals surface area contributed by atoms with E-state index >= 15 is 0 Å². The van der Waals surface area contributed by atoms with E-state index in [4.69, 9.17) is 28.9 Å². The van der Waals surface area contributed by atoms with Crippen LogP contribution in [0.15, 0.2) is 18.2 Å². The number of aliphatic hydroxyl groups excluding tert-OH is 1. The molecule has 0 aliphatic heterocycles. The minimum Gasteiger partial charge on any atom is -0.396 e. The van der Waals surface area contributed by atoms with Gasteiger partial charge in [-0.15, -0.1) is 0 Å². The van der Waals surface area contributed by atoms with Crippen molar-refractivity contribution in [1.82, 2.24) is 0 Å². The maximum absolute atomic E-state index is 9.40. The van der Waals surface area contributed by atoms with E-state index in [-0.39, 0.29) is 17.4 Å². The van der Waals surface area contributed by atoms with Crippen LogP contribution < -0.4 is 5.73 Å². The largest absolute Gasteiger partial charge is 0.396 e. The van der Waals surface area contributed by atoms with Crippen LogP contribution in [0.1, 0.15) is 18.9 Å². The second-order valence-corrected chi connectivity index (χ2v) is 5.63. The van der Waals surface area contributed by atoms with Gasteiger partial charge in [-0.05, 0) is 24.1 Å². The first-order valence-electron chi connectivity index (χ1n) is 5.25. The molecule has 88 valence electrons. The lowest BCUT2D eigenvalue weighted by atomic mass is 9.87. The summed E-state index contributed by atoms with van der Waals surface area (Å²) in [7, 11) is 0. The molecule has 0 radical (unpaired) electrons. The summed E-state index contributed by atoms with van der Waals surface area (Å²) < 4.78 is 0. The molecule has 0 amide bonds. The molecule has 2 unspecified atom stereocenters. The van der Waals surface area contributed by atoms with Crippen molar-refractivity contribution in [1.29, 1.82) is 0 Å². The number of rotatable bonds is 3. The molecular weight excluding hydrogens is 245 g/mol. The number of aliphatic hydroxyl groups is 1. The zero-order valence-corrected chi connectivity index (χ0v) is 10.6. The second kappa shape index (κ2) is 3.88. The van der Waals surface area contributed by atoms with E-state index in [0.29, 0.717) is 16.6 Å². The summed E-state index contributed by atoms with van der Waals surface area (Å²) in [4.78, 5) is 0. The van der Waals surface area contributed by atoms with Gasteiger partial charge in [0.2, 0.25) is 0 Å². The standard InChI is InChI=1S/C12H15Cl2NO/c1-11(7-16)5-12(11,6-15)8-2-3-9(13)10(14)4-8/h2-4,16H,5-7,15H2,1H3. The first-order chi connectivity index (χ1) is 7.49. The fourth-order valence-electron chi connectivity index (χ4n) is 2.51. The van der Waals surface area contributed by atoms with Crippen molar-refractivity contribution in [2.24, 2.45) is 11.1 Å². The SMILES string of the molecule is CC1(CO)CC1(CN)c1ccc(Cl)c(Cl)c1. The van der Waals surface area contributed by atoms with Gasteiger partial charge in [0.25, 0.3) is 0 Å². The Morgan fingerprint density at radius 3 is 2.50 bits per heavy atom. The zero-order valence-electron chi connectivity index (χ0n) is 9.13. The topological polar surface area (TPSA) is 46.2 Å². The summed E-state index contributed by atoms with van der Waals surface area (Å²) in [5.74, 6) is 0. The summed E-state index contributed by atoms with van der Waals surface area (Å²) in [6, 6.07) is 5.59. The Bertz CT molecular complexity index is 423. The lowest BCUT2D eigenvalue weighted by molar-refractivity contribution is 0.205. The normalized spacial score (nSPS) is 32.8. The summed E-state index contributed by atoms with van der Waals surface area (Å²) in [6.07, 6.45) is 0.894. The first-order valence-corrected chi connectivity index (χ1v) is 6.01. The third kappa shape index (κ3) is 1.56. The van der Waals surface area contributed by atoms with Gasteiger partial charge < -0.3 is 10.8 Å². The highest BCUT2D eigenvalue weighted by atomic mass is 35.5. The van der Waals surface area contributed by atoms with E-state index in [9.17, 15) is 5.11 Å². The fraction of sp³-hybridized carbons (Fsp3) is 0.500. The Balaban J connectivity index is 2.41. The quantitative estimate of drug-likeness (QED) is 0.877. The molecule has 0 saturated heterocycles. The van der Waals surface area contributed by atoms with Crippen LogP contribution >= 0.6 is 23.2 Å². The third-order valence-corrected chi connectivity index (χ3v) is 4.63. The van der Waals surface area contributed by atoms with Crippen LogP contribution in [-0.4, -0.2) is 18.3 Å². The monoisotopic (exact) mass is 259 g/mol. The van der Waals surface area contributed by atoms with E-state index in [1.54, 1.807) is 6.07 Å². The fourth-order valence-corrected chi connectivity index (χ4v) is 2.81. The van der Waals surface area contributed by atoms with Crippen molar-refractivity contribution >= 4 is 23.2 Å². The highest BCUT2D eigenvalue weighted by Gasteiger charge is 2.63. The Morgan fingerprint density at radius 2 is 2.06 bits per heavy atom. The van der Waals surface area contributed by atoms with E-state index in [0.717, 1.165) is 12.0 Å². The second-order valence-electron chi connectivity index (χ2n) is 4.81. The molecule has 4 heteroatoms. The molecule has 3 N–H and O–H groups in total. The number of hydrogen-bond acceptors (Lipinski definition) is 2. The average Bonchev–Trinajstić information content (AvgIpc) is 2.91. The minimum absolute atomic E-state index is 0.126. The van der Waals surface area contributed by atoms with Crippen molar-refractivity contribution in [2.45, 2.75) is 18.8 Å². The van der Waals surface area contributed by atoms with Crippen LogP contribution in [0.3, 0.4) is 0 Å². The maximum atomic E-state index is 9.40. The van der Waals surface area contributed by atoms with E-state index in [2.05, 4.69) is 0 Å². The molecule has 0 aromatic heterocycles. The molecule has 2 atom stereocenters. The predicted molar refractivity (Wildman–Crippen MR) is 67.0 cm³/mol. The minimum atomic E-state index is -0.143. The molecule has 1 fully saturated rings. The number of nitrogens with two attached hydrogens (primary N) is 1. The van der Waals surface area contributed by atoms with Crippen LogP contribution in [0.4, 0.5) is 0 Å². The van der Waals surface area contributed by atoms with Gasteiger partial charge in [-0.25, -0.2) is 0 Å². The molecule has 0 spiro atoms.